The Kier molecular flexibility index (Phi) is 5.63. The molecule has 1 aliphatic heterocycles. The van der Waals surface area contributed by atoms with E-state index in [0.29, 0.717) is 0 Å². The summed E-state index contributed by atoms with van der Waals surface area (Å²) in [6, 6.07) is 16.1. The molecule has 0 aromatic heterocycles. The molecule has 0 amide bonds. The lowest BCUT2D eigenvalue weighted by Crippen LogP contribution is -2.30. The summed E-state index contributed by atoms with van der Waals surface area (Å²) in [7, 11) is 0. The second kappa shape index (κ2) is 8.14. The van der Waals surface area contributed by atoms with Gasteiger partial charge in [-0.05, 0) is 78.1 Å². The number of allylic oxidation sites excluding steroid dienone is 1. The fraction of sp³-hybridized carbons (Fsp3) is 0.227. The molecule has 0 spiro atoms. The summed E-state index contributed by atoms with van der Waals surface area (Å²) in [5, 5.41) is 6.04. The number of halogens is 2. The Balaban J connectivity index is 1.76. The van der Waals surface area contributed by atoms with Gasteiger partial charge in [0, 0.05) is 15.7 Å². The summed E-state index contributed by atoms with van der Waals surface area (Å²) in [6.07, 6.45) is 7.57. The van der Waals surface area contributed by atoms with Gasteiger partial charge >= 0.3 is 0 Å². The highest BCUT2D eigenvalue weighted by molar-refractivity contribution is 8.13. The molecule has 2 aromatic carbocycles. The number of amidine groups is 1. The maximum atomic E-state index is 6.09. The topological polar surface area (TPSA) is 24.4 Å². The first-order valence-electron chi connectivity index (χ1n) is 8.98. The highest BCUT2D eigenvalue weighted by atomic mass is 35.5. The van der Waals surface area contributed by atoms with Gasteiger partial charge in [-0.1, -0.05) is 59.2 Å². The quantitative estimate of drug-likeness (QED) is 0.578. The molecular formula is C22H20Cl2N2S. The van der Waals surface area contributed by atoms with Crippen LogP contribution in [0.15, 0.2) is 70.4 Å². The minimum atomic E-state index is 0.0508. The molecule has 0 saturated carbocycles. The van der Waals surface area contributed by atoms with Gasteiger partial charge in [0.1, 0.15) is 6.04 Å². The first-order chi connectivity index (χ1) is 13.1. The molecule has 2 aliphatic rings. The molecule has 1 N–H and O–H groups in total. The Morgan fingerprint density at radius 3 is 2.33 bits per heavy atom. The van der Waals surface area contributed by atoms with Crippen molar-refractivity contribution in [3.05, 3.63) is 86.5 Å². The van der Waals surface area contributed by atoms with E-state index in [9.17, 15) is 0 Å². The number of benzene rings is 2. The Morgan fingerprint density at radius 2 is 1.67 bits per heavy atom. The van der Waals surface area contributed by atoms with Crippen molar-refractivity contribution in [3.63, 3.8) is 0 Å². The zero-order chi connectivity index (χ0) is 18.8. The van der Waals surface area contributed by atoms with E-state index >= 15 is 0 Å². The van der Waals surface area contributed by atoms with E-state index in [0.717, 1.165) is 34.5 Å². The Hall–Kier alpha value is -1.68. The van der Waals surface area contributed by atoms with Crippen LogP contribution in [0.25, 0.3) is 6.08 Å². The maximum Gasteiger partial charge on any atom is 0.161 e. The van der Waals surface area contributed by atoms with Gasteiger partial charge in [0.15, 0.2) is 5.17 Å². The third-order valence-electron chi connectivity index (χ3n) is 4.93. The van der Waals surface area contributed by atoms with Gasteiger partial charge < -0.3 is 5.32 Å². The third-order valence-corrected chi connectivity index (χ3v) is 6.03. The number of thioether (sulfide) groups is 1. The van der Waals surface area contributed by atoms with Gasteiger partial charge in [-0.2, -0.15) is 0 Å². The van der Waals surface area contributed by atoms with Crippen LogP contribution in [0.1, 0.15) is 36.4 Å². The summed E-state index contributed by atoms with van der Waals surface area (Å²) in [6.45, 7) is 0. The van der Waals surface area contributed by atoms with Gasteiger partial charge in [-0.25, -0.2) is 4.99 Å². The fourth-order valence-electron chi connectivity index (χ4n) is 3.62. The Bertz CT molecular complexity index is 928. The van der Waals surface area contributed by atoms with Gasteiger partial charge in [-0.3, -0.25) is 0 Å². The molecule has 0 radical (unpaired) electrons. The summed E-state index contributed by atoms with van der Waals surface area (Å²) < 4.78 is 0. The normalized spacial score (nSPS) is 20.9. The highest BCUT2D eigenvalue weighted by Gasteiger charge is 2.29. The zero-order valence-electron chi connectivity index (χ0n) is 15.0. The van der Waals surface area contributed by atoms with Crippen LogP contribution >= 0.6 is 35.0 Å². The van der Waals surface area contributed by atoms with E-state index in [1.54, 1.807) is 11.8 Å². The van der Waals surface area contributed by atoms with Crippen LogP contribution in [0.2, 0.25) is 10.0 Å². The number of aliphatic imine (C=N–C) groups is 1. The van der Waals surface area contributed by atoms with Crippen molar-refractivity contribution in [3.8, 4) is 0 Å². The van der Waals surface area contributed by atoms with Crippen LogP contribution in [0, 0.1) is 0 Å². The van der Waals surface area contributed by atoms with Crippen molar-refractivity contribution in [1.82, 2.24) is 5.32 Å². The van der Waals surface area contributed by atoms with Gasteiger partial charge in [0.2, 0.25) is 0 Å². The summed E-state index contributed by atoms with van der Waals surface area (Å²) in [4.78, 5) is 4.96. The first kappa shape index (κ1) is 18.7. The SMILES string of the molecule is CSC1=NC(c2ccc(Cl)cc2)C2=C(N1)/C(=C\c1ccc(Cl)cc1)CCC2. The van der Waals surface area contributed by atoms with Gasteiger partial charge in [0.25, 0.3) is 0 Å². The van der Waals surface area contributed by atoms with E-state index in [1.165, 1.54) is 28.0 Å². The van der Waals surface area contributed by atoms with Crippen LogP contribution in [-0.2, 0) is 0 Å². The maximum absolute atomic E-state index is 6.09. The number of nitrogens with zero attached hydrogens (tertiary/aromatic N) is 1. The largest absolute Gasteiger partial charge is 0.335 e. The van der Waals surface area contributed by atoms with Crippen molar-refractivity contribution in [2.75, 3.05) is 6.26 Å². The average molecular weight is 415 g/mol. The second-order valence-corrected chi connectivity index (χ2v) is 8.36. The molecule has 5 heteroatoms. The van der Waals surface area contributed by atoms with E-state index < -0.39 is 0 Å². The lowest BCUT2D eigenvalue weighted by Gasteiger charge is -2.32. The molecule has 27 heavy (non-hydrogen) atoms. The molecule has 2 nitrogen and oxygen atoms in total. The molecule has 0 fully saturated rings. The average Bonchev–Trinajstić information content (AvgIpc) is 2.70. The van der Waals surface area contributed by atoms with Crippen LogP contribution in [0.5, 0.6) is 0 Å². The molecule has 0 bridgehead atoms. The number of hydrogen-bond donors (Lipinski definition) is 1. The van der Waals surface area contributed by atoms with Crippen molar-refractivity contribution in [1.29, 1.82) is 0 Å². The first-order valence-corrected chi connectivity index (χ1v) is 11.0. The van der Waals surface area contributed by atoms with Gasteiger partial charge in [0.05, 0.1) is 0 Å². The number of rotatable bonds is 2. The van der Waals surface area contributed by atoms with Crippen LogP contribution in [-0.4, -0.2) is 11.4 Å². The lowest BCUT2D eigenvalue weighted by molar-refractivity contribution is 0.660. The molecule has 1 heterocycles. The van der Waals surface area contributed by atoms with E-state index in [1.807, 2.05) is 24.3 Å². The molecule has 0 saturated heterocycles. The summed E-state index contributed by atoms with van der Waals surface area (Å²) in [5.74, 6) is 0. The molecule has 4 rings (SSSR count). The van der Waals surface area contributed by atoms with Crippen molar-refractivity contribution >= 4 is 46.2 Å². The minimum absolute atomic E-state index is 0.0508. The third kappa shape index (κ3) is 4.11. The molecule has 1 aliphatic carbocycles. The van der Waals surface area contributed by atoms with Crippen LogP contribution in [0.3, 0.4) is 0 Å². The Morgan fingerprint density at radius 1 is 1.00 bits per heavy atom. The fourth-order valence-corrected chi connectivity index (χ4v) is 4.29. The van der Waals surface area contributed by atoms with Crippen molar-refractivity contribution < 1.29 is 0 Å². The highest BCUT2D eigenvalue weighted by Crippen LogP contribution is 2.41. The smallest absolute Gasteiger partial charge is 0.161 e. The Labute approximate surface area is 174 Å². The standard InChI is InChI=1S/C22H20Cl2N2S/c1-27-22-25-20(15-7-11-18(24)12-8-15)19-4-2-3-16(21(19)26-22)13-14-5-9-17(23)10-6-14/h5-13,20H,2-4H2,1H3,(H,25,26)/b16-13-. The molecule has 1 unspecified atom stereocenters. The van der Waals surface area contributed by atoms with E-state index in [2.05, 4.69) is 41.9 Å². The van der Waals surface area contributed by atoms with Crippen molar-refractivity contribution in [2.24, 2.45) is 4.99 Å². The zero-order valence-corrected chi connectivity index (χ0v) is 17.3. The summed E-state index contributed by atoms with van der Waals surface area (Å²) >= 11 is 13.8. The monoisotopic (exact) mass is 414 g/mol. The molecule has 1 atom stereocenters. The van der Waals surface area contributed by atoms with Crippen molar-refractivity contribution in [2.45, 2.75) is 25.3 Å². The predicted octanol–water partition coefficient (Wildman–Crippen LogP) is 6.88. The molecule has 2 aromatic rings. The van der Waals surface area contributed by atoms with Gasteiger partial charge in [-0.15, -0.1) is 0 Å². The number of nitrogens with one attached hydrogen (secondary N) is 1. The predicted molar refractivity (Wildman–Crippen MR) is 119 cm³/mol. The van der Waals surface area contributed by atoms with E-state index in [4.69, 9.17) is 28.2 Å². The molecular weight excluding hydrogens is 395 g/mol. The van der Waals surface area contributed by atoms with Crippen LogP contribution in [0.4, 0.5) is 0 Å². The summed E-state index contributed by atoms with van der Waals surface area (Å²) in [5.41, 5.74) is 6.28. The second-order valence-electron chi connectivity index (χ2n) is 6.69. The molecule has 138 valence electrons. The van der Waals surface area contributed by atoms with Crippen LogP contribution < -0.4 is 5.32 Å². The number of hydrogen-bond acceptors (Lipinski definition) is 3. The van der Waals surface area contributed by atoms with E-state index in [-0.39, 0.29) is 6.04 Å². The lowest BCUT2D eigenvalue weighted by atomic mass is 9.84. The minimum Gasteiger partial charge on any atom is -0.335 e.